The van der Waals surface area contributed by atoms with Gasteiger partial charge < -0.3 is 10.3 Å². The quantitative estimate of drug-likeness (QED) is 0.410. The van der Waals surface area contributed by atoms with E-state index in [0.29, 0.717) is 5.17 Å². The summed E-state index contributed by atoms with van der Waals surface area (Å²) >= 11 is 1.46. The molecule has 132 valence electrons. The summed E-state index contributed by atoms with van der Waals surface area (Å²) in [6.45, 7) is 3.84. The highest BCUT2D eigenvalue weighted by Crippen LogP contribution is 2.27. The Labute approximate surface area is 157 Å². The molecule has 0 aliphatic rings. The van der Waals surface area contributed by atoms with Crippen molar-refractivity contribution in [3.8, 4) is 11.1 Å². The van der Waals surface area contributed by atoms with E-state index in [-0.39, 0.29) is 0 Å². The van der Waals surface area contributed by atoms with Gasteiger partial charge in [-0.1, -0.05) is 65.4 Å². The summed E-state index contributed by atoms with van der Waals surface area (Å²) in [4.78, 5) is 0. The zero-order chi connectivity index (χ0) is 18.4. The van der Waals surface area contributed by atoms with Crippen molar-refractivity contribution in [2.45, 2.75) is 19.6 Å². The Morgan fingerprint density at radius 1 is 1.15 bits per heavy atom. The highest BCUT2D eigenvalue weighted by Gasteiger charge is 2.11. The van der Waals surface area contributed by atoms with Gasteiger partial charge in [-0.15, -0.1) is 5.10 Å². The number of rotatable bonds is 5. The van der Waals surface area contributed by atoms with Crippen molar-refractivity contribution in [1.82, 2.24) is 5.16 Å². The van der Waals surface area contributed by atoms with Gasteiger partial charge in [0.2, 0.25) is 0 Å². The highest BCUT2D eigenvalue weighted by atomic mass is 32.2. The minimum Gasteiger partial charge on any atom is -0.377 e. The van der Waals surface area contributed by atoms with Crippen LogP contribution in [0.5, 0.6) is 0 Å². The van der Waals surface area contributed by atoms with Crippen LogP contribution in [0.1, 0.15) is 22.6 Å². The maximum atomic E-state index is 5.91. The van der Waals surface area contributed by atoms with Gasteiger partial charge in [0.15, 0.2) is 5.17 Å². The van der Waals surface area contributed by atoms with Crippen LogP contribution in [0.3, 0.4) is 0 Å². The fraction of sp³-hybridized carbons (Fsp3) is 0.150. The zero-order valence-corrected chi connectivity index (χ0v) is 15.5. The number of nitrogens with two attached hydrogens (primary N) is 1. The van der Waals surface area contributed by atoms with Gasteiger partial charge in [-0.25, -0.2) is 0 Å². The van der Waals surface area contributed by atoms with E-state index in [1.807, 2.05) is 56.3 Å². The Balaban J connectivity index is 1.66. The summed E-state index contributed by atoms with van der Waals surface area (Å²) in [6, 6.07) is 18.1. The lowest BCUT2D eigenvalue weighted by Gasteiger charge is -2.01. The van der Waals surface area contributed by atoms with E-state index in [1.165, 1.54) is 17.3 Å². The summed E-state index contributed by atoms with van der Waals surface area (Å²) < 4.78 is 5.24. The van der Waals surface area contributed by atoms with Gasteiger partial charge in [-0.3, -0.25) is 0 Å². The van der Waals surface area contributed by atoms with E-state index in [9.17, 15) is 0 Å². The number of thioether (sulfide) groups is 1. The largest absolute Gasteiger partial charge is 0.377 e. The molecule has 1 aromatic heterocycles. The van der Waals surface area contributed by atoms with Gasteiger partial charge in [0.1, 0.15) is 5.76 Å². The van der Waals surface area contributed by atoms with E-state index in [1.54, 1.807) is 6.21 Å². The van der Waals surface area contributed by atoms with Gasteiger partial charge in [-0.05, 0) is 36.6 Å². The normalized spacial score (nSPS) is 12.0. The van der Waals surface area contributed by atoms with Gasteiger partial charge >= 0.3 is 0 Å². The lowest BCUT2D eigenvalue weighted by molar-refractivity contribution is 0.393. The number of hydrogen-bond donors (Lipinski definition) is 1. The Hall–Kier alpha value is -2.86. The van der Waals surface area contributed by atoms with Crippen LogP contribution in [0.2, 0.25) is 0 Å². The van der Waals surface area contributed by atoms with Crippen LogP contribution in [0, 0.1) is 13.8 Å². The predicted octanol–water partition coefficient (Wildman–Crippen LogP) is 4.54. The Morgan fingerprint density at radius 3 is 2.69 bits per heavy atom. The summed E-state index contributed by atoms with van der Waals surface area (Å²) in [5.74, 6) is 1.57. The minimum atomic E-state index is 0.437. The van der Waals surface area contributed by atoms with Crippen molar-refractivity contribution in [2.75, 3.05) is 0 Å². The highest BCUT2D eigenvalue weighted by molar-refractivity contribution is 8.13. The van der Waals surface area contributed by atoms with E-state index < -0.39 is 0 Å². The molecule has 0 saturated carbocycles. The van der Waals surface area contributed by atoms with E-state index in [0.717, 1.165) is 33.9 Å². The number of benzene rings is 2. The molecule has 0 unspecified atom stereocenters. The van der Waals surface area contributed by atoms with E-state index in [4.69, 9.17) is 10.3 Å². The molecule has 0 saturated heterocycles. The third-order valence-electron chi connectivity index (χ3n) is 3.80. The van der Waals surface area contributed by atoms with Gasteiger partial charge in [0, 0.05) is 11.3 Å². The molecule has 0 aliphatic heterocycles. The topological polar surface area (TPSA) is 76.8 Å². The average Bonchev–Trinajstić information content (AvgIpc) is 2.99. The van der Waals surface area contributed by atoms with Crippen LogP contribution in [0.4, 0.5) is 0 Å². The number of nitrogens with zero attached hydrogens (tertiary/aromatic N) is 3. The number of aryl methyl sites for hydroxylation is 2. The van der Waals surface area contributed by atoms with Crippen LogP contribution >= 0.6 is 11.8 Å². The molecule has 3 aromatic rings. The van der Waals surface area contributed by atoms with Crippen LogP contribution in [-0.2, 0) is 5.75 Å². The average molecular weight is 364 g/mol. The standard InChI is InChI=1S/C20H20N4OS/c1-14-19(15(2)25-24-14)18-10-6-9-17(11-18)12-22-23-20(21)26-13-16-7-4-3-5-8-16/h3-12H,13H2,1-2H3,(H2,21,23). The molecule has 0 spiro atoms. The SMILES string of the molecule is Cc1noc(C)c1-c1cccc(C=NN=C(N)SCc2ccccc2)c1. The second-order valence-corrected chi connectivity index (χ2v) is 6.78. The molecule has 0 fully saturated rings. The molecule has 0 atom stereocenters. The van der Waals surface area contributed by atoms with E-state index >= 15 is 0 Å². The van der Waals surface area contributed by atoms with Crippen molar-refractivity contribution in [1.29, 1.82) is 0 Å². The fourth-order valence-corrected chi connectivity index (χ4v) is 3.19. The lowest BCUT2D eigenvalue weighted by Crippen LogP contribution is -2.05. The lowest BCUT2D eigenvalue weighted by atomic mass is 10.0. The van der Waals surface area contributed by atoms with Gasteiger partial charge in [0.25, 0.3) is 0 Å². The molecule has 0 bridgehead atoms. The first kappa shape index (κ1) is 17.9. The van der Waals surface area contributed by atoms with Crippen molar-refractivity contribution in [3.63, 3.8) is 0 Å². The molecule has 0 amide bonds. The maximum Gasteiger partial charge on any atom is 0.180 e. The first-order valence-corrected chi connectivity index (χ1v) is 9.18. The molecular formula is C20H20N4OS. The third kappa shape index (κ3) is 4.61. The molecule has 6 heteroatoms. The van der Waals surface area contributed by atoms with Crippen LogP contribution < -0.4 is 5.73 Å². The maximum absolute atomic E-state index is 5.91. The summed E-state index contributed by atoms with van der Waals surface area (Å²) in [7, 11) is 0. The zero-order valence-electron chi connectivity index (χ0n) is 14.7. The monoisotopic (exact) mass is 364 g/mol. The molecule has 2 aromatic carbocycles. The number of amidine groups is 1. The van der Waals surface area contributed by atoms with Crippen LogP contribution in [0.25, 0.3) is 11.1 Å². The smallest absolute Gasteiger partial charge is 0.180 e. The molecule has 0 aliphatic carbocycles. The molecule has 26 heavy (non-hydrogen) atoms. The van der Waals surface area contributed by atoms with Crippen LogP contribution in [-0.4, -0.2) is 16.5 Å². The molecular weight excluding hydrogens is 344 g/mol. The van der Waals surface area contributed by atoms with Crippen molar-refractivity contribution in [3.05, 3.63) is 77.2 Å². The molecule has 5 nitrogen and oxygen atoms in total. The van der Waals surface area contributed by atoms with E-state index in [2.05, 4.69) is 27.5 Å². The Kier molecular flexibility index (Phi) is 5.86. The molecule has 2 N–H and O–H groups in total. The summed E-state index contributed by atoms with van der Waals surface area (Å²) in [5, 5.41) is 12.6. The summed E-state index contributed by atoms with van der Waals surface area (Å²) in [6.07, 6.45) is 1.69. The number of aromatic nitrogens is 1. The third-order valence-corrected chi connectivity index (χ3v) is 4.66. The molecule has 3 rings (SSSR count). The summed E-state index contributed by atoms with van der Waals surface area (Å²) in [5.41, 5.74) is 11.0. The van der Waals surface area contributed by atoms with Gasteiger partial charge in [0.05, 0.1) is 11.9 Å². The van der Waals surface area contributed by atoms with Gasteiger partial charge in [-0.2, -0.15) is 5.10 Å². The Bertz CT molecular complexity index is 912. The van der Waals surface area contributed by atoms with Crippen molar-refractivity contribution in [2.24, 2.45) is 15.9 Å². The van der Waals surface area contributed by atoms with Crippen molar-refractivity contribution < 1.29 is 4.52 Å². The Morgan fingerprint density at radius 2 is 1.96 bits per heavy atom. The first-order chi connectivity index (χ1) is 12.6. The van der Waals surface area contributed by atoms with Crippen molar-refractivity contribution >= 4 is 23.1 Å². The number of hydrogen-bond acceptors (Lipinski definition) is 5. The molecule has 1 heterocycles. The fourth-order valence-electron chi connectivity index (χ4n) is 2.58. The first-order valence-electron chi connectivity index (χ1n) is 8.20. The molecule has 0 radical (unpaired) electrons. The minimum absolute atomic E-state index is 0.437. The second kappa shape index (κ2) is 8.49. The second-order valence-electron chi connectivity index (χ2n) is 5.78. The van der Waals surface area contributed by atoms with Crippen LogP contribution in [0.15, 0.2) is 69.3 Å². The predicted molar refractivity (Wildman–Crippen MR) is 108 cm³/mol.